The van der Waals surface area contributed by atoms with Gasteiger partial charge >= 0.3 is 0 Å². The van der Waals surface area contributed by atoms with Crippen LogP contribution in [0.4, 0.5) is 21.5 Å². The van der Waals surface area contributed by atoms with Crippen molar-refractivity contribution in [1.29, 1.82) is 0 Å². The minimum atomic E-state index is -0.598. The summed E-state index contributed by atoms with van der Waals surface area (Å²) in [6.07, 6.45) is 0. The van der Waals surface area contributed by atoms with Gasteiger partial charge in [0, 0.05) is 18.1 Å². The third kappa shape index (κ3) is 2.83. The van der Waals surface area contributed by atoms with Gasteiger partial charge in [-0.25, -0.2) is 4.39 Å². The summed E-state index contributed by atoms with van der Waals surface area (Å²) >= 11 is 9.30. The first-order valence-electron chi connectivity index (χ1n) is 5.89. The maximum atomic E-state index is 14.2. The first kappa shape index (κ1) is 14.9. The molecule has 0 saturated heterocycles. The molecule has 0 fully saturated rings. The molecular formula is C14H14BrClFN3. The first-order chi connectivity index (χ1) is 9.41. The molecule has 3 nitrogen and oxygen atoms in total. The van der Waals surface area contributed by atoms with Gasteiger partial charge in [0.15, 0.2) is 5.82 Å². The fourth-order valence-corrected chi connectivity index (χ4v) is 2.56. The number of hydrogen-bond donors (Lipinski definition) is 2. The molecule has 20 heavy (non-hydrogen) atoms. The van der Waals surface area contributed by atoms with Crippen molar-refractivity contribution < 1.29 is 4.39 Å². The minimum Gasteiger partial charge on any atom is -0.397 e. The van der Waals surface area contributed by atoms with Gasteiger partial charge in [0.1, 0.15) is 5.02 Å². The Bertz CT molecular complexity index is 649. The number of nitrogens with zero attached hydrogens (tertiary/aromatic N) is 1. The molecule has 0 aromatic heterocycles. The van der Waals surface area contributed by atoms with Crippen LogP contribution in [0.1, 0.15) is 5.56 Å². The van der Waals surface area contributed by atoms with Gasteiger partial charge < -0.3 is 16.4 Å². The molecule has 0 spiro atoms. The second kappa shape index (κ2) is 5.89. The Morgan fingerprint density at radius 2 is 1.90 bits per heavy atom. The lowest BCUT2D eigenvalue weighted by Gasteiger charge is -2.23. The predicted octanol–water partition coefficient (Wildman–Crippen LogP) is 4.04. The van der Waals surface area contributed by atoms with Crippen molar-refractivity contribution in [2.24, 2.45) is 0 Å². The van der Waals surface area contributed by atoms with E-state index < -0.39 is 5.82 Å². The number of anilines is 3. The Morgan fingerprint density at radius 3 is 2.55 bits per heavy atom. The van der Waals surface area contributed by atoms with Crippen LogP contribution in [0.2, 0.25) is 5.02 Å². The number of halogens is 3. The SMILES string of the molecule is CN(Cc1ccccc1Br)c1c(N)cc(N)c(Cl)c1F. The zero-order chi connectivity index (χ0) is 14.9. The highest BCUT2D eigenvalue weighted by atomic mass is 79.9. The summed E-state index contributed by atoms with van der Waals surface area (Å²) in [5.41, 5.74) is 13.1. The average molecular weight is 359 g/mol. The lowest BCUT2D eigenvalue weighted by atomic mass is 10.1. The largest absolute Gasteiger partial charge is 0.397 e. The van der Waals surface area contributed by atoms with Crippen molar-refractivity contribution in [3.05, 3.63) is 51.2 Å². The Kier molecular flexibility index (Phi) is 4.40. The molecule has 0 unspecified atom stereocenters. The number of nitrogen functional groups attached to an aromatic ring is 2. The third-order valence-electron chi connectivity index (χ3n) is 2.99. The highest BCUT2D eigenvalue weighted by Crippen LogP contribution is 2.36. The first-order valence-corrected chi connectivity index (χ1v) is 7.06. The normalized spacial score (nSPS) is 10.6. The van der Waals surface area contributed by atoms with Gasteiger partial charge in [0.2, 0.25) is 0 Å². The van der Waals surface area contributed by atoms with Crippen molar-refractivity contribution in [3.63, 3.8) is 0 Å². The van der Waals surface area contributed by atoms with Crippen molar-refractivity contribution in [2.45, 2.75) is 6.54 Å². The monoisotopic (exact) mass is 357 g/mol. The lowest BCUT2D eigenvalue weighted by Crippen LogP contribution is -2.20. The lowest BCUT2D eigenvalue weighted by molar-refractivity contribution is 0.624. The molecule has 106 valence electrons. The van der Waals surface area contributed by atoms with Crippen LogP contribution in [0.5, 0.6) is 0 Å². The average Bonchev–Trinajstić information content (AvgIpc) is 2.39. The molecule has 2 aromatic carbocycles. The van der Waals surface area contributed by atoms with Gasteiger partial charge in [-0.3, -0.25) is 0 Å². The van der Waals surface area contributed by atoms with Crippen LogP contribution >= 0.6 is 27.5 Å². The summed E-state index contributed by atoms with van der Waals surface area (Å²) in [5, 5.41) is -0.104. The van der Waals surface area contributed by atoms with E-state index in [4.69, 9.17) is 23.1 Å². The molecule has 0 aliphatic rings. The summed E-state index contributed by atoms with van der Waals surface area (Å²) in [7, 11) is 1.75. The number of nitrogens with two attached hydrogens (primary N) is 2. The molecular weight excluding hydrogens is 345 g/mol. The molecule has 0 aliphatic heterocycles. The summed E-state index contributed by atoms with van der Waals surface area (Å²) < 4.78 is 15.2. The summed E-state index contributed by atoms with van der Waals surface area (Å²) in [6.45, 7) is 0.489. The fraction of sp³-hybridized carbons (Fsp3) is 0.143. The van der Waals surface area contributed by atoms with Crippen LogP contribution in [0.25, 0.3) is 0 Å². The number of benzene rings is 2. The van der Waals surface area contributed by atoms with E-state index in [0.717, 1.165) is 10.0 Å². The van der Waals surface area contributed by atoms with E-state index >= 15 is 0 Å². The fourth-order valence-electron chi connectivity index (χ4n) is 2.01. The van der Waals surface area contributed by atoms with Gasteiger partial charge in [-0.2, -0.15) is 0 Å². The topological polar surface area (TPSA) is 55.3 Å². The third-order valence-corrected chi connectivity index (χ3v) is 4.14. The van der Waals surface area contributed by atoms with Crippen LogP contribution in [0.3, 0.4) is 0 Å². The van der Waals surface area contributed by atoms with E-state index in [-0.39, 0.29) is 22.1 Å². The van der Waals surface area contributed by atoms with Crippen LogP contribution in [-0.4, -0.2) is 7.05 Å². The van der Waals surface area contributed by atoms with Gasteiger partial charge in [-0.15, -0.1) is 0 Å². The second-order valence-corrected chi connectivity index (χ2v) is 5.71. The maximum Gasteiger partial charge on any atom is 0.169 e. The van der Waals surface area contributed by atoms with Crippen LogP contribution in [-0.2, 0) is 6.54 Å². The highest BCUT2D eigenvalue weighted by molar-refractivity contribution is 9.10. The molecule has 0 aliphatic carbocycles. The Hall–Kier alpha value is -1.46. The van der Waals surface area contributed by atoms with Crippen LogP contribution in [0, 0.1) is 5.82 Å². The second-order valence-electron chi connectivity index (χ2n) is 4.48. The molecule has 2 aromatic rings. The van der Waals surface area contributed by atoms with E-state index in [2.05, 4.69) is 15.9 Å². The molecule has 0 amide bonds. The molecule has 0 atom stereocenters. The molecule has 0 radical (unpaired) electrons. The van der Waals surface area contributed by atoms with Gasteiger partial charge in [0.25, 0.3) is 0 Å². The van der Waals surface area contributed by atoms with Crippen molar-refractivity contribution >= 4 is 44.6 Å². The van der Waals surface area contributed by atoms with Crippen LogP contribution < -0.4 is 16.4 Å². The smallest absolute Gasteiger partial charge is 0.169 e. The van der Waals surface area contributed by atoms with E-state index in [1.165, 1.54) is 6.07 Å². The minimum absolute atomic E-state index is 0.104. The zero-order valence-electron chi connectivity index (χ0n) is 10.8. The summed E-state index contributed by atoms with van der Waals surface area (Å²) in [6, 6.07) is 9.19. The predicted molar refractivity (Wildman–Crippen MR) is 86.5 cm³/mol. The number of hydrogen-bond acceptors (Lipinski definition) is 3. The van der Waals surface area contributed by atoms with Crippen LogP contribution in [0.15, 0.2) is 34.8 Å². The molecule has 2 rings (SSSR count). The summed E-state index contributed by atoms with van der Waals surface area (Å²) in [5.74, 6) is -0.598. The van der Waals surface area contributed by atoms with Gasteiger partial charge in [-0.1, -0.05) is 45.7 Å². The highest BCUT2D eigenvalue weighted by Gasteiger charge is 2.18. The van der Waals surface area contributed by atoms with Gasteiger partial charge in [-0.05, 0) is 17.7 Å². The Labute approximate surface area is 130 Å². The Morgan fingerprint density at radius 1 is 1.25 bits per heavy atom. The Balaban J connectivity index is 2.37. The van der Waals surface area contributed by atoms with Crippen molar-refractivity contribution in [1.82, 2.24) is 0 Å². The molecule has 0 bridgehead atoms. The molecule has 0 saturated carbocycles. The standard InChI is InChI=1S/C14H14BrClFN3/c1-20(7-8-4-2-3-5-9(8)15)14-11(19)6-10(18)12(16)13(14)17/h2-6H,7,18-19H2,1H3. The molecule has 0 heterocycles. The van der Waals surface area contributed by atoms with Crippen molar-refractivity contribution in [2.75, 3.05) is 23.4 Å². The molecule has 6 heteroatoms. The van der Waals surface area contributed by atoms with E-state index in [1.54, 1.807) is 11.9 Å². The quantitative estimate of drug-likeness (QED) is 0.814. The molecule has 4 N–H and O–H groups in total. The van der Waals surface area contributed by atoms with E-state index in [9.17, 15) is 4.39 Å². The number of rotatable bonds is 3. The summed E-state index contributed by atoms with van der Waals surface area (Å²) in [4.78, 5) is 1.70. The maximum absolute atomic E-state index is 14.2. The zero-order valence-corrected chi connectivity index (χ0v) is 13.2. The van der Waals surface area contributed by atoms with Crippen molar-refractivity contribution in [3.8, 4) is 0 Å². The van der Waals surface area contributed by atoms with Gasteiger partial charge in [0.05, 0.1) is 17.1 Å². The van der Waals surface area contributed by atoms with E-state index in [0.29, 0.717) is 6.54 Å². The van der Waals surface area contributed by atoms with E-state index in [1.807, 2.05) is 24.3 Å².